The smallest absolute Gasteiger partial charge is 0.120 e. The maximum absolute atomic E-state index is 6.01. The van der Waals surface area contributed by atoms with Gasteiger partial charge in [-0.1, -0.05) is 6.92 Å². The second-order valence-corrected chi connectivity index (χ2v) is 5.86. The van der Waals surface area contributed by atoms with Crippen molar-refractivity contribution in [2.45, 2.75) is 52.4 Å². The first-order valence-corrected chi connectivity index (χ1v) is 7.81. The van der Waals surface area contributed by atoms with E-state index in [0.717, 1.165) is 43.5 Å². The second kappa shape index (κ2) is 6.50. The van der Waals surface area contributed by atoms with E-state index >= 15 is 0 Å². The Morgan fingerprint density at radius 2 is 2.10 bits per heavy atom. The molecule has 0 amide bonds. The summed E-state index contributed by atoms with van der Waals surface area (Å²) in [5.41, 5.74) is 1.24. The molecule has 1 aliphatic carbocycles. The average Bonchev–Trinajstić information content (AvgIpc) is 3.04. The van der Waals surface area contributed by atoms with Gasteiger partial charge in [-0.2, -0.15) is 0 Å². The van der Waals surface area contributed by atoms with E-state index in [1.807, 2.05) is 12.1 Å². The van der Waals surface area contributed by atoms with Crippen LogP contribution in [0.25, 0.3) is 0 Å². The fourth-order valence-electron chi connectivity index (χ4n) is 2.49. The molecule has 1 aliphatic rings. The summed E-state index contributed by atoms with van der Waals surface area (Å²) in [5, 5.41) is 3.51. The van der Waals surface area contributed by atoms with Crippen LogP contribution in [0.4, 0.5) is 0 Å². The van der Waals surface area contributed by atoms with Crippen LogP contribution in [0.1, 0.15) is 42.6 Å². The molecule has 4 heteroatoms. The molecule has 114 valence electrons. The molecule has 0 bridgehead atoms. The molecule has 0 spiro atoms. The van der Waals surface area contributed by atoms with Gasteiger partial charge in [0.2, 0.25) is 0 Å². The minimum atomic E-state index is 0.712. The van der Waals surface area contributed by atoms with Crippen molar-refractivity contribution in [1.29, 1.82) is 0 Å². The quantitative estimate of drug-likeness (QED) is 0.807. The Morgan fingerprint density at radius 3 is 2.76 bits per heavy atom. The van der Waals surface area contributed by atoms with Crippen LogP contribution in [-0.4, -0.2) is 17.5 Å². The minimum Gasteiger partial charge on any atom is -0.468 e. The SMILES string of the molecule is CCN(Cc1ccco1)Cc1cc(C)c(CNC2CC2)o1. The molecule has 21 heavy (non-hydrogen) atoms. The van der Waals surface area contributed by atoms with Crippen LogP contribution in [-0.2, 0) is 19.6 Å². The lowest BCUT2D eigenvalue weighted by Gasteiger charge is -2.17. The van der Waals surface area contributed by atoms with E-state index in [-0.39, 0.29) is 0 Å². The lowest BCUT2D eigenvalue weighted by atomic mass is 10.2. The van der Waals surface area contributed by atoms with Crippen molar-refractivity contribution in [2.24, 2.45) is 0 Å². The number of hydrogen-bond acceptors (Lipinski definition) is 4. The fourth-order valence-corrected chi connectivity index (χ4v) is 2.49. The molecular formula is C17H24N2O2. The normalized spacial score (nSPS) is 15.0. The van der Waals surface area contributed by atoms with Crippen molar-refractivity contribution in [3.8, 4) is 0 Å². The maximum Gasteiger partial charge on any atom is 0.120 e. The summed E-state index contributed by atoms with van der Waals surface area (Å²) in [5.74, 6) is 3.11. The lowest BCUT2D eigenvalue weighted by Crippen LogP contribution is -2.21. The minimum absolute atomic E-state index is 0.712. The van der Waals surface area contributed by atoms with E-state index in [1.54, 1.807) is 6.26 Å². The highest BCUT2D eigenvalue weighted by atomic mass is 16.3. The third kappa shape index (κ3) is 3.99. The lowest BCUT2D eigenvalue weighted by molar-refractivity contribution is 0.226. The van der Waals surface area contributed by atoms with Crippen LogP contribution in [0.3, 0.4) is 0 Å². The van der Waals surface area contributed by atoms with E-state index < -0.39 is 0 Å². The number of hydrogen-bond donors (Lipinski definition) is 1. The van der Waals surface area contributed by atoms with Gasteiger partial charge in [-0.05, 0) is 50.1 Å². The second-order valence-electron chi connectivity index (χ2n) is 5.86. The molecule has 0 unspecified atom stereocenters. The summed E-state index contributed by atoms with van der Waals surface area (Å²) in [4.78, 5) is 2.31. The molecule has 0 saturated heterocycles. The Labute approximate surface area is 126 Å². The number of nitrogens with one attached hydrogen (secondary N) is 1. The van der Waals surface area contributed by atoms with Gasteiger partial charge in [0.1, 0.15) is 17.3 Å². The number of aryl methyl sites for hydroxylation is 1. The van der Waals surface area contributed by atoms with Gasteiger partial charge in [0.15, 0.2) is 0 Å². The van der Waals surface area contributed by atoms with Gasteiger partial charge in [0.25, 0.3) is 0 Å². The zero-order chi connectivity index (χ0) is 14.7. The summed E-state index contributed by atoms with van der Waals surface area (Å²) >= 11 is 0. The molecular weight excluding hydrogens is 264 g/mol. The highest BCUT2D eigenvalue weighted by molar-refractivity contribution is 5.20. The molecule has 1 N–H and O–H groups in total. The van der Waals surface area contributed by atoms with Crippen LogP contribution < -0.4 is 5.32 Å². The molecule has 0 aromatic carbocycles. The molecule has 0 aliphatic heterocycles. The van der Waals surface area contributed by atoms with Crippen molar-refractivity contribution in [2.75, 3.05) is 6.54 Å². The van der Waals surface area contributed by atoms with E-state index in [1.165, 1.54) is 18.4 Å². The highest BCUT2D eigenvalue weighted by Gasteiger charge is 2.21. The Hall–Kier alpha value is -1.52. The van der Waals surface area contributed by atoms with E-state index in [4.69, 9.17) is 8.83 Å². The van der Waals surface area contributed by atoms with Crippen LogP contribution in [0.15, 0.2) is 33.3 Å². The summed E-state index contributed by atoms with van der Waals surface area (Å²) in [6.07, 6.45) is 4.33. The largest absolute Gasteiger partial charge is 0.468 e. The van der Waals surface area contributed by atoms with Gasteiger partial charge < -0.3 is 14.2 Å². The highest BCUT2D eigenvalue weighted by Crippen LogP contribution is 2.22. The van der Waals surface area contributed by atoms with Crippen LogP contribution >= 0.6 is 0 Å². The van der Waals surface area contributed by atoms with Gasteiger partial charge in [0, 0.05) is 6.04 Å². The molecule has 0 atom stereocenters. The van der Waals surface area contributed by atoms with Gasteiger partial charge in [-0.25, -0.2) is 0 Å². The van der Waals surface area contributed by atoms with Gasteiger partial charge in [0.05, 0.1) is 25.9 Å². The topological polar surface area (TPSA) is 41.6 Å². The predicted octanol–water partition coefficient (Wildman–Crippen LogP) is 3.46. The molecule has 2 aromatic heterocycles. The predicted molar refractivity (Wildman–Crippen MR) is 81.8 cm³/mol. The van der Waals surface area contributed by atoms with E-state index in [0.29, 0.717) is 6.04 Å². The monoisotopic (exact) mass is 288 g/mol. The van der Waals surface area contributed by atoms with Crippen molar-refractivity contribution in [3.63, 3.8) is 0 Å². The van der Waals surface area contributed by atoms with Crippen LogP contribution in [0.5, 0.6) is 0 Å². The first-order chi connectivity index (χ1) is 10.2. The molecule has 1 fully saturated rings. The maximum atomic E-state index is 6.01. The average molecular weight is 288 g/mol. The fraction of sp³-hybridized carbons (Fsp3) is 0.529. The summed E-state index contributed by atoms with van der Waals surface area (Å²) in [6.45, 7) is 7.74. The number of rotatable bonds is 8. The Kier molecular flexibility index (Phi) is 4.46. The van der Waals surface area contributed by atoms with Crippen LogP contribution in [0.2, 0.25) is 0 Å². The molecule has 1 saturated carbocycles. The summed E-state index contributed by atoms with van der Waals surface area (Å²) < 4.78 is 11.4. The Bertz CT molecular complexity index is 555. The molecule has 3 rings (SSSR count). The standard InChI is InChI=1S/C17H24N2O2/c1-3-19(11-15-5-4-8-20-15)12-16-9-13(2)17(21-16)10-18-14-6-7-14/h4-5,8-9,14,18H,3,6-7,10-12H2,1-2H3. The first-order valence-electron chi connectivity index (χ1n) is 7.81. The molecule has 4 nitrogen and oxygen atoms in total. The van der Waals surface area contributed by atoms with Crippen molar-refractivity contribution in [3.05, 3.63) is 47.3 Å². The molecule has 0 radical (unpaired) electrons. The van der Waals surface area contributed by atoms with Crippen LogP contribution in [0, 0.1) is 6.92 Å². The van der Waals surface area contributed by atoms with E-state index in [9.17, 15) is 0 Å². The third-order valence-corrected chi connectivity index (χ3v) is 3.99. The number of nitrogens with zero attached hydrogens (tertiary/aromatic N) is 1. The van der Waals surface area contributed by atoms with Crippen molar-refractivity contribution < 1.29 is 8.83 Å². The Balaban J connectivity index is 1.58. The third-order valence-electron chi connectivity index (χ3n) is 3.99. The Morgan fingerprint density at radius 1 is 1.29 bits per heavy atom. The van der Waals surface area contributed by atoms with E-state index in [2.05, 4.69) is 30.1 Å². The van der Waals surface area contributed by atoms with Gasteiger partial charge in [-0.3, -0.25) is 4.90 Å². The van der Waals surface area contributed by atoms with Crippen molar-refractivity contribution in [1.82, 2.24) is 10.2 Å². The first kappa shape index (κ1) is 14.4. The number of furan rings is 2. The van der Waals surface area contributed by atoms with Crippen molar-refractivity contribution >= 4 is 0 Å². The molecule has 2 heterocycles. The zero-order valence-corrected chi connectivity index (χ0v) is 12.9. The summed E-state index contributed by atoms with van der Waals surface area (Å²) in [6, 6.07) is 6.82. The van der Waals surface area contributed by atoms with Gasteiger partial charge in [-0.15, -0.1) is 0 Å². The molecule has 2 aromatic rings. The van der Waals surface area contributed by atoms with Gasteiger partial charge >= 0.3 is 0 Å². The zero-order valence-electron chi connectivity index (χ0n) is 12.9. The summed E-state index contributed by atoms with van der Waals surface area (Å²) in [7, 11) is 0.